The summed E-state index contributed by atoms with van der Waals surface area (Å²) < 4.78 is 5.45. The molecule has 0 unspecified atom stereocenters. The Morgan fingerprint density at radius 2 is 1.45 bits per heavy atom. The zero-order valence-corrected chi connectivity index (χ0v) is 16.7. The third-order valence-corrected chi connectivity index (χ3v) is 5.49. The highest BCUT2D eigenvalue weighted by atomic mass is 16.5. The number of rotatable bonds is 3. The lowest BCUT2D eigenvalue weighted by atomic mass is 10.3. The number of benzene rings is 1. The van der Waals surface area contributed by atoms with E-state index in [2.05, 4.69) is 30.7 Å². The quantitative estimate of drug-likeness (QED) is 0.670. The Morgan fingerprint density at radius 1 is 0.759 bits per heavy atom. The molecule has 0 amide bonds. The third-order valence-electron chi connectivity index (χ3n) is 5.49. The molecule has 2 aromatic heterocycles. The summed E-state index contributed by atoms with van der Waals surface area (Å²) in [6.45, 7) is 8.77. The van der Waals surface area contributed by atoms with Crippen LogP contribution < -0.4 is 14.7 Å². The third kappa shape index (κ3) is 3.80. The largest absolute Gasteiger partial charge is 0.378 e. The Balaban J connectivity index is 1.30. The monoisotopic (exact) mass is 391 g/mol. The molecule has 3 aromatic rings. The van der Waals surface area contributed by atoms with Gasteiger partial charge in [0, 0.05) is 51.0 Å². The number of piperazine rings is 1. The molecule has 2 fully saturated rings. The molecular formula is C21H25N7O. The number of aromatic nitrogens is 4. The number of aryl methyl sites for hydroxylation is 1. The van der Waals surface area contributed by atoms with Crippen molar-refractivity contribution < 1.29 is 4.74 Å². The fraction of sp³-hybridized carbons (Fsp3) is 0.429. The molecule has 2 saturated heterocycles. The predicted octanol–water partition coefficient (Wildman–Crippen LogP) is 1.89. The number of hydrogen-bond donors (Lipinski definition) is 0. The van der Waals surface area contributed by atoms with Gasteiger partial charge < -0.3 is 19.4 Å². The molecule has 29 heavy (non-hydrogen) atoms. The summed E-state index contributed by atoms with van der Waals surface area (Å²) in [5.74, 6) is 2.76. The van der Waals surface area contributed by atoms with E-state index in [9.17, 15) is 0 Å². The number of para-hydroxylation sites is 2. The van der Waals surface area contributed by atoms with Gasteiger partial charge in [-0.3, -0.25) is 4.98 Å². The van der Waals surface area contributed by atoms with Gasteiger partial charge in [-0.15, -0.1) is 0 Å². The topological polar surface area (TPSA) is 70.5 Å². The second-order valence-corrected chi connectivity index (χ2v) is 7.46. The molecule has 0 atom stereocenters. The zero-order valence-electron chi connectivity index (χ0n) is 16.7. The van der Waals surface area contributed by atoms with E-state index in [0.717, 1.165) is 86.8 Å². The number of morpholine rings is 1. The van der Waals surface area contributed by atoms with E-state index in [0.29, 0.717) is 0 Å². The van der Waals surface area contributed by atoms with Crippen LogP contribution in [0, 0.1) is 6.92 Å². The molecule has 2 aliphatic rings. The number of ether oxygens (including phenoxy) is 1. The highest BCUT2D eigenvalue weighted by Crippen LogP contribution is 2.22. The Hall–Kier alpha value is -3.00. The van der Waals surface area contributed by atoms with E-state index in [1.807, 2.05) is 37.4 Å². The van der Waals surface area contributed by atoms with Gasteiger partial charge in [0.05, 0.1) is 30.4 Å². The van der Waals surface area contributed by atoms with Crippen LogP contribution in [-0.4, -0.2) is 72.4 Å². The minimum atomic E-state index is 0.734. The summed E-state index contributed by atoms with van der Waals surface area (Å²) in [5.41, 5.74) is 2.87. The second kappa shape index (κ2) is 7.79. The minimum Gasteiger partial charge on any atom is -0.378 e. The molecule has 1 aromatic carbocycles. The molecule has 0 bridgehead atoms. The summed E-state index contributed by atoms with van der Waals surface area (Å²) in [6.07, 6.45) is 1.88. The van der Waals surface area contributed by atoms with Gasteiger partial charge >= 0.3 is 0 Å². The maximum atomic E-state index is 5.45. The first-order chi connectivity index (χ1) is 14.3. The van der Waals surface area contributed by atoms with Crippen molar-refractivity contribution in [3.05, 3.63) is 42.2 Å². The summed E-state index contributed by atoms with van der Waals surface area (Å²) >= 11 is 0. The fourth-order valence-electron chi connectivity index (χ4n) is 3.87. The molecule has 0 spiro atoms. The van der Waals surface area contributed by atoms with Crippen molar-refractivity contribution in [2.75, 3.05) is 67.2 Å². The van der Waals surface area contributed by atoms with Crippen LogP contribution in [0.1, 0.15) is 5.69 Å². The first kappa shape index (κ1) is 18.1. The Morgan fingerprint density at radius 3 is 2.21 bits per heavy atom. The van der Waals surface area contributed by atoms with Crippen LogP contribution in [0.3, 0.4) is 0 Å². The standard InChI is InChI=1S/C21H25N7O/c1-16-14-19(25-21(23-16)28-10-12-29-13-11-28)26-6-8-27(9-7-26)20-15-22-17-4-2-3-5-18(17)24-20/h2-5,14-15H,6-13H2,1H3. The number of hydrogen-bond acceptors (Lipinski definition) is 8. The van der Waals surface area contributed by atoms with Crippen molar-refractivity contribution >= 4 is 28.6 Å². The molecule has 150 valence electrons. The molecule has 0 saturated carbocycles. The summed E-state index contributed by atoms with van der Waals surface area (Å²) in [6, 6.07) is 10.1. The van der Waals surface area contributed by atoms with E-state index in [1.165, 1.54) is 0 Å². The number of fused-ring (bicyclic) bond motifs is 1. The Bertz CT molecular complexity index is 997. The van der Waals surface area contributed by atoms with Gasteiger partial charge in [-0.25, -0.2) is 9.97 Å². The highest BCUT2D eigenvalue weighted by molar-refractivity contribution is 5.75. The van der Waals surface area contributed by atoms with E-state index in [-0.39, 0.29) is 0 Å². The van der Waals surface area contributed by atoms with Crippen LogP contribution >= 0.6 is 0 Å². The van der Waals surface area contributed by atoms with E-state index in [1.54, 1.807) is 0 Å². The predicted molar refractivity (Wildman–Crippen MR) is 114 cm³/mol. The second-order valence-electron chi connectivity index (χ2n) is 7.46. The lowest BCUT2D eigenvalue weighted by molar-refractivity contribution is 0.122. The maximum Gasteiger partial charge on any atom is 0.227 e. The van der Waals surface area contributed by atoms with Crippen molar-refractivity contribution in [3.63, 3.8) is 0 Å². The first-order valence-corrected chi connectivity index (χ1v) is 10.2. The minimum absolute atomic E-state index is 0.734. The Kier molecular flexibility index (Phi) is 4.85. The van der Waals surface area contributed by atoms with E-state index < -0.39 is 0 Å². The molecule has 8 nitrogen and oxygen atoms in total. The average Bonchev–Trinajstić information content (AvgIpc) is 2.79. The van der Waals surface area contributed by atoms with Crippen LogP contribution in [0.4, 0.5) is 17.6 Å². The molecule has 2 aliphatic heterocycles. The van der Waals surface area contributed by atoms with Crippen molar-refractivity contribution in [2.24, 2.45) is 0 Å². The number of nitrogens with zero attached hydrogens (tertiary/aromatic N) is 7. The van der Waals surface area contributed by atoms with Crippen molar-refractivity contribution in [2.45, 2.75) is 6.92 Å². The lowest BCUT2D eigenvalue weighted by Crippen LogP contribution is -2.47. The summed E-state index contributed by atoms with van der Waals surface area (Å²) in [5, 5.41) is 0. The van der Waals surface area contributed by atoms with Gasteiger partial charge in [-0.05, 0) is 19.1 Å². The smallest absolute Gasteiger partial charge is 0.227 e. The summed E-state index contributed by atoms with van der Waals surface area (Å²) in [4.78, 5) is 25.7. The SMILES string of the molecule is Cc1cc(N2CCN(c3cnc4ccccc4n3)CC2)nc(N2CCOCC2)n1. The van der Waals surface area contributed by atoms with E-state index >= 15 is 0 Å². The molecule has 0 radical (unpaired) electrons. The average molecular weight is 391 g/mol. The molecule has 0 N–H and O–H groups in total. The van der Waals surface area contributed by atoms with Crippen LogP contribution in [0.25, 0.3) is 11.0 Å². The molecule has 5 rings (SSSR count). The normalized spacial score (nSPS) is 17.8. The molecular weight excluding hydrogens is 366 g/mol. The van der Waals surface area contributed by atoms with Crippen LogP contribution in [-0.2, 0) is 4.74 Å². The zero-order chi connectivity index (χ0) is 19.6. The van der Waals surface area contributed by atoms with Gasteiger partial charge in [0.2, 0.25) is 5.95 Å². The van der Waals surface area contributed by atoms with Crippen molar-refractivity contribution in [3.8, 4) is 0 Å². The van der Waals surface area contributed by atoms with Crippen LogP contribution in [0.2, 0.25) is 0 Å². The number of anilines is 3. The Labute approximate surface area is 170 Å². The van der Waals surface area contributed by atoms with Crippen LogP contribution in [0.5, 0.6) is 0 Å². The molecule has 0 aliphatic carbocycles. The lowest BCUT2D eigenvalue weighted by Gasteiger charge is -2.36. The van der Waals surface area contributed by atoms with Gasteiger partial charge in [0.25, 0.3) is 0 Å². The van der Waals surface area contributed by atoms with E-state index in [4.69, 9.17) is 14.7 Å². The molecule has 4 heterocycles. The van der Waals surface area contributed by atoms with Gasteiger partial charge in [-0.2, -0.15) is 4.98 Å². The van der Waals surface area contributed by atoms with Gasteiger partial charge in [-0.1, -0.05) is 12.1 Å². The summed E-state index contributed by atoms with van der Waals surface area (Å²) in [7, 11) is 0. The fourth-order valence-corrected chi connectivity index (χ4v) is 3.87. The van der Waals surface area contributed by atoms with Gasteiger partial charge in [0.1, 0.15) is 11.6 Å². The molecule has 8 heteroatoms. The van der Waals surface area contributed by atoms with Gasteiger partial charge in [0.15, 0.2) is 0 Å². The first-order valence-electron chi connectivity index (χ1n) is 10.2. The van der Waals surface area contributed by atoms with Crippen molar-refractivity contribution in [1.29, 1.82) is 0 Å². The maximum absolute atomic E-state index is 5.45. The van der Waals surface area contributed by atoms with Crippen LogP contribution in [0.15, 0.2) is 36.5 Å². The highest BCUT2D eigenvalue weighted by Gasteiger charge is 2.22. The van der Waals surface area contributed by atoms with Crippen molar-refractivity contribution in [1.82, 2.24) is 19.9 Å².